The highest BCUT2D eigenvalue weighted by Crippen LogP contribution is 2.37. The molecule has 1 aliphatic rings. The van der Waals surface area contributed by atoms with E-state index in [0.29, 0.717) is 0 Å². The third-order valence-electron chi connectivity index (χ3n) is 2.56. The molecule has 1 atom stereocenters. The van der Waals surface area contributed by atoms with Crippen molar-refractivity contribution < 1.29 is 9.53 Å². The Morgan fingerprint density at radius 3 is 2.71 bits per heavy atom. The molecule has 0 spiro atoms. The summed E-state index contributed by atoms with van der Waals surface area (Å²) in [5.74, 6) is 0.805. The van der Waals surface area contributed by atoms with Gasteiger partial charge in [0, 0.05) is 4.47 Å². The largest absolute Gasteiger partial charge is 0.482 e. The smallest absolute Gasteiger partial charge is 0.207 e. The average Bonchev–Trinajstić information content (AvgIpc) is 2.39. The van der Waals surface area contributed by atoms with E-state index in [1.807, 2.05) is 19.9 Å². The molecule has 2 rings (SSSR count). The lowest BCUT2D eigenvalue weighted by Gasteiger charge is -2.06. The first kappa shape index (κ1) is 9.71. The van der Waals surface area contributed by atoms with Crippen molar-refractivity contribution in [2.24, 2.45) is 0 Å². The molecule has 1 aliphatic heterocycles. The summed E-state index contributed by atoms with van der Waals surface area (Å²) >= 11 is 3.47. The van der Waals surface area contributed by atoms with Crippen LogP contribution < -0.4 is 4.74 Å². The zero-order chi connectivity index (χ0) is 10.5. The molecule has 0 radical (unpaired) electrons. The summed E-state index contributed by atoms with van der Waals surface area (Å²) < 4.78 is 6.47. The van der Waals surface area contributed by atoms with E-state index in [4.69, 9.17) is 4.74 Å². The van der Waals surface area contributed by atoms with Gasteiger partial charge in [-0.25, -0.2) is 0 Å². The summed E-state index contributed by atoms with van der Waals surface area (Å²) in [5.41, 5.74) is 2.81. The molecule has 0 aliphatic carbocycles. The first-order valence-corrected chi connectivity index (χ1v) is 5.32. The van der Waals surface area contributed by atoms with Crippen molar-refractivity contribution in [3.05, 3.63) is 27.2 Å². The maximum absolute atomic E-state index is 11.7. The monoisotopic (exact) mass is 254 g/mol. The molecule has 0 amide bonds. The van der Waals surface area contributed by atoms with Gasteiger partial charge in [-0.05, 0) is 38.0 Å². The van der Waals surface area contributed by atoms with Crippen LogP contribution in [0.3, 0.4) is 0 Å². The fourth-order valence-corrected chi connectivity index (χ4v) is 2.08. The zero-order valence-electron chi connectivity index (χ0n) is 8.35. The Morgan fingerprint density at radius 2 is 2.07 bits per heavy atom. The number of rotatable bonds is 0. The van der Waals surface area contributed by atoms with Gasteiger partial charge in [-0.2, -0.15) is 0 Å². The molecular weight excluding hydrogens is 244 g/mol. The second kappa shape index (κ2) is 3.09. The summed E-state index contributed by atoms with van der Waals surface area (Å²) in [7, 11) is 0. The normalized spacial score (nSPS) is 19.4. The van der Waals surface area contributed by atoms with Crippen molar-refractivity contribution in [1.82, 2.24) is 0 Å². The number of aryl methyl sites for hydroxylation is 1. The second-order valence-electron chi connectivity index (χ2n) is 3.63. The molecule has 0 saturated carbocycles. The van der Waals surface area contributed by atoms with Gasteiger partial charge in [-0.1, -0.05) is 15.9 Å². The maximum Gasteiger partial charge on any atom is 0.207 e. The Kier molecular flexibility index (Phi) is 2.14. The molecule has 0 N–H and O–H groups in total. The summed E-state index contributed by atoms with van der Waals surface area (Å²) in [6.07, 6.45) is -0.336. The van der Waals surface area contributed by atoms with Crippen LogP contribution in [0.5, 0.6) is 5.75 Å². The molecule has 0 bridgehead atoms. The van der Waals surface area contributed by atoms with Gasteiger partial charge in [-0.3, -0.25) is 4.79 Å². The van der Waals surface area contributed by atoms with Gasteiger partial charge in [0.15, 0.2) is 6.10 Å². The molecule has 0 aromatic heterocycles. The Morgan fingerprint density at radius 1 is 1.43 bits per heavy atom. The number of ketones is 1. The fraction of sp³-hybridized carbons (Fsp3) is 0.364. The zero-order valence-corrected chi connectivity index (χ0v) is 9.94. The van der Waals surface area contributed by atoms with Crippen LogP contribution in [0, 0.1) is 13.8 Å². The minimum Gasteiger partial charge on any atom is -0.482 e. The number of hydrogen-bond acceptors (Lipinski definition) is 2. The SMILES string of the molecule is Cc1cc2c(c(C)c1Br)C(=O)C(C)O2. The van der Waals surface area contributed by atoms with Crippen LogP contribution in [0.2, 0.25) is 0 Å². The number of ether oxygens (including phenoxy) is 1. The Labute approximate surface area is 91.4 Å². The third kappa shape index (κ3) is 1.19. The molecule has 1 unspecified atom stereocenters. The minimum atomic E-state index is -0.336. The molecule has 74 valence electrons. The predicted molar refractivity (Wildman–Crippen MR) is 58.0 cm³/mol. The number of carbonyl (C=O) groups is 1. The van der Waals surface area contributed by atoms with E-state index < -0.39 is 0 Å². The van der Waals surface area contributed by atoms with Crippen molar-refractivity contribution in [1.29, 1.82) is 0 Å². The van der Waals surface area contributed by atoms with E-state index in [0.717, 1.165) is 26.9 Å². The van der Waals surface area contributed by atoms with Gasteiger partial charge in [0.05, 0.1) is 5.56 Å². The van der Waals surface area contributed by atoms with E-state index in [2.05, 4.69) is 15.9 Å². The molecule has 1 aromatic rings. The van der Waals surface area contributed by atoms with Gasteiger partial charge in [-0.15, -0.1) is 0 Å². The topological polar surface area (TPSA) is 26.3 Å². The number of hydrogen-bond donors (Lipinski definition) is 0. The van der Waals surface area contributed by atoms with Crippen molar-refractivity contribution in [3.8, 4) is 5.75 Å². The van der Waals surface area contributed by atoms with Crippen molar-refractivity contribution in [2.45, 2.75) is 26.9 Å². The number of benzene rings is 1. The third-order valence-corrected chi connectivity index (χ3v) is 3.78. The average molecular weight is 255 g/mol. The highest BCUT2D eigenvalue weighted by Gasteiger charge is 2.31. The molecule has 14 heavy (non-hydrogen) atoms. The van der Waals surface area contributed by atoms with Crippen LogP contribution in [0.25, 0.3) is 0 Å². The summed E-state index contributed by atoms with van der Waals surface area (Å²) in [6, 6.07) is 1.91. The number of Topliss-reactive ketones (excluding diaryl/α,β-unsaturated/α-hetero) is 1. The van der Waals surface area contributed by atoms with Crippen molar-refractivity contribution in [2.75, 3.05) is 0 Å². The molecular formula is C11H11BrO2. The number of carbonyl (C=O) groups excluding carboxylic acids is 1. The lowest BCUT2D eigenvalue weighted by atomic mass is 10.0. The Hall–Kier alpha value is -0.830. The van der Waals surface area contributed by atoms with E-state index in [9.17, 15) is 4.79 Å². The van der Waals surface area contributed by atoms with Crippen LogP contribution in [-0.2, 0) is 0 Å². The minimum absolute atomic E-state index is 0.0817. The summed E-state index contributed by atoms with van der Waals surface area (Å²) in [6.45, 7) is 5.72. The quantitative estimate of drug-likeness (QED) is 0.712. The van der Waals surface area contributed by atoms with Gasteiger partial charge in [0.2, 0.25) is 5.78 Å². The predicted octanol–water partition coefficient (Wildman–Crippen LogP) is 3.03. The van der Waals surface area contributed by atoms with Crippen LogP contribution in [0.4, 0.5) is 0 Å². The Balaban J connectivity index is 2.71. The van der Waals surface area contributed by atoms with E-state index in [1.54, 1.807) is 6.92 Å². The second-order valence-corrected chi connectivity index (χ2v) is 4.42. The highest BCUT2D eigenvalue weighted by molar-refractivity contribution is 9.10. The first-order chi connectivity index (χ1) is 6.52. The van der Waals surface area contributed by atoms with Crippen molar-refractivity contribution in [3.63, 3.8) is 0 Å². The summed E-state index contributed by atoms with van der Waals surface area (Å²) in [5, 5.41) is 0. The van der Waals surface area contributed by atoms with Gasteiger partial charge in [0.25, 0.3) is 0 Å². The molecule has 0 saturated heterocycles. The molecule has 0 fully saturated rings. The lowest BCUT2D eigenvalue weighted by molar-refractivity contribution is 0.0878. The van der Waals surface area contributed by atoms with E-state index >= 15 is 0 Å². The van der Waals surface area contributed by atoms with E-state index in [1.165, 1.54) is 0 Å². The van der Waals surface area contributed by atoms with Gasteiger partial charge < -0.3 is 4.74 Å². The number of halogens is 1. The van der Waals surface area contributed by atoms with Crippen LogP contribution in [-0.4, -0.2) is 11.9 Å². The van der Waals surface area contributed by atoms with Gasteiger partial charge >= 0.3 is 0 Å². The Bertz CT molecular complexity index is 424. The van der Waals surface area contributed by atoms with Crippen molar-refractivity contribution >= 4 is 21.7 Å². The van der Waals surface area contributed by atoms with Crippen LogP contribution in [0.15, 0.2) is 10.5 Å². The highest BCUT2D eigenvalue weighted by atomic mass is 79.9. The van der Waals surface area contributed by atoms with E-state index in [-0.39, 0.29) is 11.9 Å². The van der Waals surface area contributed by atoms with Crippen LogP contribution in [0.1, 0.15) is 28.4 Å². The molecule has 2 nitrogen and oxygen atoms in total. The standard InChI is InChI=1S/C11H11BrO2/c1-5-4-8-9(6(2)10(5)12)11(13)7(3)14-8/h4,7H,1-3H3. The fourth-order valence-electron chi connectivity index (χ4n) is 1.77. The molecule has 1 aromatic carbocycles. The number of fused-ring (bicyclic) bond motifs is 1. The molecule has 3 heteroatoms. The first-order valence-electron chi connectivity index (χ1n) is 4.53. The molecule has 1 heterocycles. The van der Waals surface area contributed by atoms with Gasteiger partial charge in [0.1, 0.15) is 5.75 Å². The summed E-state index contributed by atoms with van der Waals surface area (Å²) in [4.78, 5) is 11.7. The lowest BCUT2D eigenvalue weighted by Crippen LogP contribution is -2.15. The maximum atomic E-state index is 11.7. The van der Waals surface area contributed by atoms with Crippen LogP contribution >= 0.6 is 15.9 Å².